The predicted octanol–water partition coefficient (Wildman–Crippen LogP) is 2.13. The van der Waals surface area contributed by atoms with Crippen LogP contribution in [0.15, 0.2) is 12.7 Å². The van der Waals surface area contributed by atoms with Gasteiger partial charge < -0.3 is 15.2 Å². The SMILES string of the molecule is C[C@@H]1C[C@H](C)CN(CCCNc2ncnc3nc[nH]c23)C1. The monoisotopic (exact) mass is 288 g/mol. The Hall–Kier alpha value is -1.69. The van der Waals surface area contributed by atoms with Crippen LogP contribution >= 0.6 is 0 Å². The summed E-state index contributed by atoms with van der Waals surface area (Å²) in [6, 6.07) is 0. The molecule has 6 heteroatoms. The van der Waals surface area contributed by atoms with Crippen molar-refractivity contribution >= 4 is 17.0 Å². The Morgan fingerprint density at radius 3 is 2.86 bits per heavy atom. The van der Waals surface area contributed by atoms with E-state index in [1.807, 2.05) is 0 Å². The van der Waals surface area contributed by atoms with Crippen molar-refractivity contribution in [3.63, 3.8) is 0 Å². The molecule has 0 saturated carbocycles. The topological polar surface area (TPSA) is 69.7 Å². The quantitative estimate of drug-likeness (QED) is 0.825. The lowest BCUT2D eigenvalue weighted by molar-refractivity contribution is 0.141. The summed E-state index contributed by atoms with van der Waals surface area (Å²) < 4.78 is 0. The average Bonchev–Trinajstić information content (AvgIpc) is 2.91. The number of rotatable bonds is 5. The first-order valence-corrected chi connectivity index (χ1v) is 7.82. The van der Waals surface area contributed by atoms with Gasteiger partial charge >= 0.3 is 0 Å². The van der Waals surface area contributed by atoms with E-state index in [4.69, 9.17) is 0 Å². The highest BCUT2D eigenvalue weighted by Gasteiger charge is 2.20. The Kier molecular flexibility index (Phi) is 4.34. The minimum absolute atomic E-state index is 0.714. The van der Waals surface area contributed by atoms with Crippen LogP contribution in [0.1, 0.15) is 26.7 Å². The van der Waals surface area contributed by atoms with Gasteiger partial charge in [0.1, 0.15) is 11.8 Å². The van der Waals surface area contributed by atoms with Gasteiger partial charge in [-0.05, 0) is 31.2 Å². The number of hydrogen-bond donors (Lipinski definition) is 2. The van der Waals surface area contributed by atoms with Gasteiger partial charge in [-0.25, -0.2) is 15.0 Å². The average molecular weight is 288 g/mol. The molecule has 0 aliphatic carbocycles. The van der Waals surface area contributed by atoms with Gasteiger partial charge in [0.25, 0.3) is 0 Å². The Morgan fingerprint density at radius 2 is 2.05 bits per heavy atom. The first kappa shape index (κ1) is 14.3. The number of hydrogen-bond acceptors (Lipinski definition) is 5. The van der Waals surface area contributed by atoms with E-state index in [1.54, 1.807) is 12.7 Å². The van der Waals surface area contributed by atoms with Gasteiger partial charge in [-0.2, -0.15) is 0 Å². The molecule has 0 unspecified atom stereocenters. The molecule has 0 bridgehead atoms. The second kappa shape index (κ2) is 6.39. The standard InChI is InChI=1S/C15H24N6/c1-11-6-12(2)8-21(7-11)5-3-4-16-14-13-15(18-9-17-13)20-10-19-14/h9-12H,3-8H2,1-2H3,(H2,16,17,18,19,20)/t11-,12+. The molecule has 114 valence electrons. The fourth-order valence-electron chi connectivity index (χ4n) is 3.38. The van der Waals surface area contributed by atoms with Gasteiger partial charge in [-0.1, -0.05) is 13.8 Å². The number of H-pyrrole nitrogens is 1. The summed E-state index contributed by atoms with van der Waals surface area (Å²) in [6.07, 6.45) is 5.70. The van der Waals surface area contributed by atoms with Crippen molar-refractivity contribution in [2.45, 2.75) is 26.7 Å². The maximum absolute atomic E-state index is 4.28. The molecule has 0 spiro atoms. The molecular weight excluding hydrogens is 264 g/mol. The van der Waals surface area contributed by atoms with Crippen LogP contribution in [0.3, 0.4) is 0 Å². The molecule has 3 heterocycles. The number of nitrogens with one attached hydrogen (secondary N) is 2. The highest BCUT2D eigenvalue weighted by Crippen LogP contribution is 2.21. The van der Waals surface area contributed by atoms with Crippen LogP contribution in [0.4, 0.5) is 5.82 Å². The summed E-state index contributed by atoms with van der Waals surface area (Å²) in [5.74, 6) is 2.50. The number of anilines is 1. The number of aromatic nitrogens is 4. The molecule has 0 amide bonds. The first-order valence-electron chi connectivity index (χ1n) is 7.82. The van der Waals surface area contributed by atoms with Crippen molar-refractivity contribution < 1.29 is 0 Å². The summed E-state index contributed by atoms with van der Waals surface area (Å²) in [5, 5.41) is 3.39. The number of likely N-dealkylation sites (tertiary alicyclic amines) is 1. The molecule has 0 radical (unpaired) electrons. The van der Waals surface area contributed by atoms with Crippen molar-refractivity contribution in [1.29, 1.82) is 0 Å². The van der Waals surface area contributed by atoms with Gasteiger partial charge in [0.2, 0.25) is 0 Å². The molecule has 1 fully saturated rings. The molecule has 2 atom stereocenters. The van der Waals surface area contributed by atoms with Gasteiger partial charge in [0.15, 0.2) is 11.5 Å². The molecule has 1 aliphatic heterocycles. The second-order valence-electron chi connectivity index (χ2n) is 6.31. The molecule has 2 N–H and O–H groups in total. The molecule has 1 aliphatic rings. The van der Waals surface area contributed by atoms with E-state index in [2.05, 4.69) is 44.0 Å². The van der Waals surface area contributed by atoms with E-state index in [-0.39, 0.29) is 0 Å². The molecule has 21 heavy (non-hydrogen) atoms. The molecule has 1 saturated heterocycles. The van der Waals surface area contributed by atoms with Crippen molar-refractivity contribution in [2.75, 3.05) is 31.5 Å². The van der Waals surface area contributed by atoms with Crippen LogP contribution in [0, 0.1) is 11.8 Å². The normalized spacial score (nSPS) is 23.5. The van der Waals surface area contributed by atoms with E-state index in [9.17, 15) is 0 Å². The molecule has 3 rings (SSSR count). The lowest BCUT2D eigenvalue weighted by atomic mass is 9.92. The van der Waals surface area contributed by atoms with Gasteiger partial charge in [0.05, 0.1) is 6.33 Å². The Morgan fingerprint density at radius 1 is 1.24 bits per heavy atom. The maximum atomic E-state index is 4.28. The maximum Gasteiger partial charge on any atom is 0.182 e. The number of fused-ring (bicyclic) bond motifs is 1. The third-order valence-corrected chi connectivity index (χ3v) is 4.11. The summed E-state index contributed by atoms with van der Waals surface area (Å²) in [6.45, 7) is 9.27. The zero-order valence-electron chi connectivity index (χ0n) is 12.8. The fraction of sp³-hybridized carbons (Fsp3) is 0.667. The molecule has 0 aromatic carbocycles. The van der Waals surface area contributed by atoms with Crippen molar-refractivity contribution in [1.82, 2.24) is 24.8 Å². The largest absolute Gasteiger partial charge is 0.368 e. The lowest BCUT2D eigenvalue weighted by Gasteiger charge is -2.34. The number of aromatic amines is 1. The summed E-state index contributed by atoms with van der Waals surface area (Å²) in [7, 11) is 0. The van der Waals surface area contributed by atoms with Gasteiger partial charge in [-0.15, -0.1) is 0 Å². The van der Waals surface area contributed by atoms with Crippen molar-refractivity contribution in [3.8, 4) is 0 Å². The smallest absolute Gasteiger partial charge is 0.182 e. The molecular formula is C15H24N6. The first-order chi connectivity index (χ1) is 10.2. The molecule has 2 aromatic rings. The summed E-state index contributed by atoms with van der Waals surface area (Å²) in [5.41, 5.74) is 1.60. The fourth-order valence-corrected chi connectivity index (χ4v) is 3.38. The van der Waals surface area contributed by atoms with Crippen LogP contribution in [0.2, 0.25) is 0 Å². The number of piperidine rings is 1. The van der Waals surface area contributed by atoms with Crippen LogP contribution < -0.4 is 5.32 Å². The Labute approximate surface area is 125 Å². The van der Waals surface area contributed by atoms with E-state index < -0.39 is 0 Å². The number of nitrogens with zero attached hydrogens (tertiary/aromatic N) is 4. The molecule has 6 nitrogen and oxygen atoms in total. The van der Waals surface area contributed by atoms with Crippen molar-refractivity contribution in [3.05, 3.63) is 12.7 Å². The van der Waals surface area contributed by atoms with E-state index >= 15 is 0 Å². The van der Waals surface area contributed by atoms with Gasteiger partial charge in [0, 0.05) is 19.6 Å². The molecule has 2 aromatic heterocycles. The second-order valence-corrected chi connectivity index (χ2v) is 6.31. The minimum atomic E-state index is 0.714. The summed E-state index contributed by atoms with van der Waals surface area (Å²) >= 11 is 0. The zero-order valence-corrected chi connectivity index (χ0v) is 12.8. The summed E-state index contributed by atoms with van der Waals surface area (Å²) in [4.78, 5) is 18.2. The van der Waals surface area contributed by atoms with Crippen molar-refractivity contribution in [2.24, 2.45) is 11.8 Å². The van der Waals surface area contributed by atoms with E-state index in [0.29, 0.717) is 5.65 Å². The third kappa shape index (κ3) is 3.50. The van der Waals surface area contributed by atoms with E-state index in [0.717, 1.165) is 42.7 Å². The lowest BCUT2D eigenvalue weighted by Crippen LogP contribution is -2.39. The van der Waals surface area contributed by atoms with Gasteiger partial charge in [-0.3, -0.25) is 0 Å². The number of imidazole rings is 1. The van der Waals surface area contributed by atoms with Crippen LogP contribution in [-0.2, 0) is 0 Å². The van der Waals surface area contributed by atoms with Crippen LogP contribution in [0.25, 0.3) is 11.2 Å². The highest BCUT2D eigenvalue weighted by molar-refractivity contribution is 5.81. The third-order valence-electron chi connectivity index (χ3n) is 4.11. The Balaban J connectivity index is 1.47. The predicted molar refractivity (Wildman–Crippen MR) is 84.2 cm³/mol. The Bertz CT molecular complexity index is 570. The highest BCUT2D eigenvalue weighted by atomic mass is 15.1. The zero-order chi connectivity index (χ0) is 14.7. The van der Waals surface area contributed by atoms with E-state index in [1.165, 1.54) is 19.5 Å². The van der Waals surface area contributed by atoms with Crippen LogP contribution in [-0.4, -0.2) is 51.0 Å². The van der Waals surface area contributed by atoms with Crippen LogP contribution in [0.5, 0.6) is 0 Å². The minimum Gasteiger partial charge on any atom is -0.368 e.